The number of halogens is 2. The molecule has 0 spiro atoms. The lowest BCUT2D eigenvalue weighted by Gasteiger charge is -2.08. The third-order valence-corrected chi connectivity index (χ3v) is 6.42. The summed E-state index contributed by atoms with van der Waals surface area (Å²) in [4.78, 5) is 12.3. The molecule has 4 rings (SSSR count). The molecule has 166 valence electrons. The first-order valence-corrected chi connectivity index (χ1v) is 11.8. The molecule has 0 aromatic heterocycles. The number of hydrazone groups is 1. The highest BCUT2D eigenvalue weighted by molar-refractivity contribution is 7.87. The first kappa shape index (κ1) is 22.8. The SMILES string of the molecule is O=C(N/N=C\c1cccc(OS(=O)(=O)c2ccc3ccccc3c2)c1)c1ccc(Cl)cc1Cl. The normalized spacial score (nSPS) is 11.6. The van der Waals surface area contributed by atoms with Gasteiger partial charge in [-0.2, -0.15) is 13.5 Å². The Morgan fingerprint density at radius 2 is 1.67 bits per heavy atom. The lowest BCUT2D eigenvalue weighted by Crippen LogP contribution is -2.18. The van der Waals surface area contributed by atoms with Crippen LogP contribution in [0.4, 0.5) is 0 Å². The van der Waals surface area contributed by atoms with Crippen molar-refractivity contribution in [1.29, 1.82) is 0 Å². The van der Waals surface area contributed by atoms with Gasteiger partial charge in [-0.05, 0) is 58.8 Å². The van der Waals surface area contributed by atoms with Gasteiger partial charge in [0.1, 0.15) is 10.6 Å². The first-order valence-electron chi connectivity index (χ1n) is 9.64. The van der Waals surface area contributed by atoms with Gasteiger partial charge in [0.2, 0.25) is 0 Å². The van der Waals surface area contributed by atoms with E-state index in [1.165, 1.54) is 36.5 Å². The van der Waals surface area contributed by atoms with Crippen LogP contribution in [-0.4, -0.2) is 20.5 Å². The Bertz CT molecular complexity index is 1490. The maximum atomic E-state index is 12.7. The van der Waals surface area contributed by atoms with Crippen LogP contribution in [-0.2, 0) is 10.1 Å². The molecule has 0 bridgehead atoms. The maximum absolute atomic E-state index is 12.7. The van der Waals surface area contributed by atoms with E-state index in [0.29, 0.717) is 10.6 Å². The summed E-state index contributed by atoms with van der Waals surface area (Å²) in [6.07, 6.45) is 1.36. The van der Waals surface area contributed by atoms with Crippen molar-refractivity contribution in [2.75, 3.05) is 0 Å². The fraction of sp³-hybridized carbons (Fsp3) is 0. The summed E-state index contributed by atoms with van der Waals surface area (Å²) in [6, 6.07) is 23.0. The Morgan fingerprint density at radius 1 is 0.879 bits per heavy atom. The zero-order chi connectivity index (χ0) is 23.4. The molecule has 0 atom stereocenters. The highest BCUT2D eigenvalue weighted by atomic mass is 35.5. The number of hydrogen-bond acceptors (Lipinski definition) is 5. The minimum Gasteiger partial charge on any atom is -0.379 e. The average molecular weight is 499 g/mol. The predicted molar refractivity (Wildman–Crippen MR) is 130 cm³/mol. The largest absolute Gasteiger partial charge is 0.379 e. The van der Waals surface area contributed by atoms with Crippen LogP contribution in [0.25, 0.3) is 10.8 Å². The van der Waals surface area contributed by atoms with Crippen LogP contribution in [0.3, 0.4) is 0 Å². The van der Waals surface area contributed by atoms with Gasteiger partial charge in [-0.25, -0.2) is 5.43 Å². The lowest BCUT2D eigenvalue weighted by atomic mass is 10.1. The predicted octanol–water partition coefficient (Wildman–Crippen LogP) is 5.68. The van der Waals surface area contributed by atoms with Crippen molar-refractivity contribution in [1.82, 2.24) is 5.43 Å². The molecule has 0 radical (unpaired) electrons. The second kappa shape index (κ2) is 9.62. The molecule has 0 aliphatic carbocycles. The van der Waals surface area contributed by atoms with Gasteiger partial charge in [-0.1, -0.05) is 65.7 Å². The molecule has 9 heteroatoms. The van der Waals surface area contributed by atoms with Gasteiger partial charge < -0.3 is 4.18 Å². The van der Waals surface area contributed by atoms with Gasteiger partial charge in [0.05, 0.1) is 16.8 Å². The lowest BCUT2D eigenvalue weighted by molar-refractivity contribution is 0.0955. The van der Waals surface area contributed by atoms with E-state index in [2.05, 4.69) is 10.5 Å². The second-order valence-electron chi connectivity index (χ2n) is 6.94. The molecule has 0 heterocycles. The Morgan fingerprint density at radius 3 is 2.45 bits per heavy atom. The summed E-state index contributed by atoms with van der Waals surface area (Å²) < 4.78 is 30.8. The van der Waals surface area contributed by atoms with Gasteiger partial charge >= 0.3 is 10.1 Å². The highest BCUT2D eigenvalue weighted by Crippen LogP contribution is 2.23. The minimum absolute atomic E-state index is 0.0485. The number of nitrogens with zero attached hydrogens (tertiary/aromatic N) is 1. The molecule has 0 aliphatic heterocycles. The zero-order valence-corrected chi connectivity index (χ0v) is 19.2. The van der Waals surface area contributed by atoms with E-state index in [4.69, 9.17) is 27.4 Å². The Balaban J connectivity index is 1.47. The molecule has 1 amide bonds. The van der Waals surface area contributed by atoms with Crippen molar-refractivity contribution >= 4 is 56.2 Å². The molecule has 4 aromatic rings. The van der Waals surface area contributed by atoms with Crippen LogP contribution in [0.2, 0.25) is 10.0 Å². The molecule has 0 aliphatic rings. The molecule has 0 saturated carbocycles. The van der Waals surface area contributed by atoms with Gasteiger partial charge in [-0.3, -0.25) is 4.79 Å². The van der Waals surface area contributed by atoms with E-state index in [1.807, 2.05) is 24.3 Å². The smallest absolute Gasteiger partial charge is 0.339 e. The van der Waals surface area contributed by atoms with E-state index in [1.54, 1.807) is 30.3 Å². The molecular weight excluding hydrogens is 483 g/mol. The standard InChI is InChI=1S/C24H16Cl2N2O4S/c25-19-9-11-22(23(26)14-19)24(29)28-27-15-16-4-3-7-20(12-16)32-33(30,31)21-10-8-17-5-1-2-6-18(17)13-21/h1-15H,(H,28,29)/b27-15-. The van der Waals surface area contributed by atoms with Crippen molar-refractivity contribution in [2.24, 2.45) is 5.10 Å². The number of rotatable bonds is 6. The van der Waals surface area contributed by atoms with Crippen molar-refractivity contribution < 1.29 is 17.4 Å². The van der Waals surface area contributed by atoms with Crippen LogP contribution < -0.4 is 9.61 Å². The third-order valence-electron chi connectivity index (χ3n) is 4.63. The summed E-state index contributed by atoms with van der Waals surface area (Å²) in [5.74, 6) is -0.404. The Kier molecular flexibility index (Phi) is 6.65. The summed E-state index contributed by atoms with van der Waals surface area (Å²) in [5, 5.41) is 6.22. The number of hydrogen-bond donors (Lipinski definition) is 1. The molecule has 1 N–H and O–H groups in total. The Labute approximate surface area is 200 Å². The van der Waals surface area contributed by atoms with Gasteiger partial charge in [0, 0.05) is 5.02 Å². The number of nitrogens with one attached hydrogen (secondary N) is 1. The molecule has 4 aromatic carbocycles. The van der Waals surface area contributed by atoms with Crippen LogP contribution in [0.1, 0.15) is 15.9 Å². The van der Waals surface area contributed by atoms with E-state index in [-0.39, 0.29) is 21.2 Å². The maximum Gasteiger partial charge on any atom is 0.339 e. The molecule has 33 heavy (non-hydrogen) atoms. The molecule has 0 fully saturated rings. The molecule has 0 saturated heterocycles. The van der Waals surface area contributed by atoms with Crippen LogP contribution in [0, 0.1) is 0 Å². The second-order valence-corrected chi connectivity index (χ2v) is 9.33. The van der Waals surface area contributed by atoms with Crippen molar-refractivity contribution in [2.45, 2.75) is 4.90 Å². The van der Waals surface area contributed by atoms with E-state index >= 15 is 0 Å². The monoisotopic (exact) mass is 498 g/mol. The average Bonchev–Trinajstić information content (AvgIpc) is 2.78. The number of fused-ring (bicyclic) bond motifs is 1. The summed E-state index contributed by atoms with van der Waals surface area (Å²) >= 11 is 11.8. The van der Waals surface area contributed by atoms with Gasteiger partial charge in [-0.15, -0.1) is 0 Å². The molecular formula is C24H16Cl2N2O4S. The fourth-order valence-electron chi connectivity index (χ4n) is 3.04. The third kappa shape index (κ3) is 5.51. The number of amides is 1. The minimum atomic E-state index is -4.04. The Hall–Kier alpha value is -3.39. The summed E-state index contributed by atoms with van der Waals surface area (Å²) in [5.41, 5.74) is 3.10. The highest BCUT2D eigenvalue weighted by Gasteiger charge is 2.17. The first-order chi connectivity index (χ1) is 15.8. The molecule has 6 nitrogen and oxygen atoms in total. The van der Waals surface area contributed by atoms with Gasteiger partial charge in [0.25, 0.3) is 5.91 Å². The van der Waals surface area contributed by atoms with E-state index in [0.717, 1.165) is 10.8 Å². The van der Waals surface area contributed by atoms with Gasteiger partial charge in [0.15, 0.2) is 0 Å². The summed E-state index contributed by atoms with van der Waals surface area (Å²) in [7, 11) is -4.04. The quantitative estimate of drug-likeness (QED) is 0.210. The molecule has 0 unspecified atom stereocenters. The fourth-order valence-corrected chi connectivity index (χ4v) is 4.50. The number of carbonyl (C=O) groups excluding carboxylic acids is 1. The topological polar surface area (TPSA) is 84.8 Å². The zero-order valence-electron chi connectivity index (χ0n) is 16.9. The van der Waals surface area contributed by atoms with Crippen molar-refractivity contribution in [3.05, 3.63) is 106 Å². The van der Waals surface area contributed by atoms with Crippen molar-refractivity contribution in [3.8, 4) is 5.75 Å². The van der Waals surface area contributed by atoms with Crippen LogP contribution in [0.5, 0.6) is 5.75 Å². The number of benzene rings is 4. The van der Waals surface area contributed by atoms with E-state index in [9.17, 15) is 13.2 Å². The summed E-state index contributed by atoms with van der Waals surface area (Å²) in [6.45, 7) is 0. The van der Waals surface area contributed by atoms with E-state index < -0.39 is 16.0 Å². The van der Waals surface area contributed by atoms with Crippen molar-refractivity contribution in [3.63, 3.8) is 0 Å². The van der Waals surface area contributed by atoms with Crippen LogP contribution >= 0.6 is 23.2 Å². The number of carbonyl (C=O) groups is 1. The van der Waals surface area contributed by atoms with Crippen LogP contribution in [0.15, 0.2) is 94.9 Å².